The molecule has 8 nitrogen and oxygen atoms in total. The summed E-state index contributed by atoms with van der Waals surface area (Å²) < 4.78 is 54.6. The van der Waals surface area contributed by atoms with Crippen molar-refractivity contribution in [2.45, 2.75) is 39.6 Å². The molecule has 1 amide bonds. The number of esters is 1. The molecule has 1 aromatic heterocycles. The average molecular weight is 633 g/mol. The fourth-order valence-electron chi connectivity index (χ4n) is 3.56. The Bertz CT molecular complexity index is 1280. The first-order valence-electron chi connectivity index (χ1n) is 12.0. The van der Waals surface area contributed by atoms with Crippen LogP contribution in [0.25, 0.3) is 0 Å². The van der Waals surface area contributed by atoms with Gasteiger partial charge in [0, 0.05) is 17.6 Å². The SMILES string of the molecule is CCCCN(CC(=O)OCC)C(=O)c1c(Br)nc(Oc2cccc(OC(F)(F)F)c2)n1Cc1ccc(Cl)cc1. The molecule has 3 rings (SSSR count). The Hall–Kier alpha value is -3.25. The summed E-state index contributed by atoms with van der Waals surface area (Å²) in [5.74, 6) is -1.54. The van der Waals surface area contributed by atoms with E-state index in [4.69, 9.17) is 21.1 Å². The largest absolute Gasteiger partial charge is 0.573 e. The second-order valence-corrected chi connectivity index (χ2v) is 9.44. The van der Waals surface area contributed by atoms with E-state index in [9.17, 15) is 22.8 Å². The van der Waals surface area contributed by atoms with Crippen molar-refractivity contribution in [1.82, 2.24) is 14.5 Å². The molecule has 0 unspecified atom stereocenters. The molecule has 0 atom stereocenters. The lowest BCUT2D eigenvalue weighted by molar-refractivity contribution is -0.274. The van der Waals surface area contributed by atoms with Crippen LogP contribution < -0.4 is 9.47 Å². The minimum atomic E-state index is -4.88. The number of nitrogens with zero attached hydrogens (tertiary/aromatic N) is 3. The molecule has 2 aromatic carbocycles. The van der Waals surface area contributed by atoms with Crippen LogP contribution in [0.4, 0.5) is 13.2 Å². The number of carbonyl (C=O) groups excluding carboxylic acids is 2. The Kier molecular flexibility index (Phi) is 10.6. The second-order valence-electron chi connectivity index (χ2n) is 8.26. The average Bonchev–Trinajstić information content (AvgIpc) is 3.16. The molecule has 0 N–H and O–H groups in total. The van der Waals surface area contributed by atoms with Gasteiger partial charge in [0.1, 0.15) is 28.3 Å². The van der Waals surface area contributed by atoms with Crippen LogP contribution in [-0.4, -0.2) is 52.4 Å². The minimum absolute atomic E-state index is 0.0000298. The quantitative estimate of drug-likeness (QED) is 0.203. The van der Waals surface area contributed by atoms with E-state index < -0.39 is 24.0 Å². The first-order chi connectivity index (χ1) is 18.5. The number of hydrogen-bond acceptors (Lipinski definition) is 6. The number of aromatic nitrogens is 2. The fraction of sp³-hybridized carbons (Fsp3) is 0.346. The highest BCUT2D eigenvalue weighted by Crippen LogP contribution is 2.32. The van der Waals surface area contributed by atoms with Gasteiger partial charge in [-0.1, -0.05) is 43.1 Å². The van der Waals surface area contributed by atoms with Gasteiger partial charge in [-0.05, 0) is 59.1 Å². The summed E-state index contributed by atoms with van der Waals surface area (Å²) >= 11 is 9.34. The summed E-state index contributed by atoms with van der Waals surface area (Å²) in [4.78, 5) is 31.7. The van der Waals surface area contributed by atoms with Gasteiger partial charge < -0.3 is 19.1 Å². The fourth-order valence-corrected chi connectivity index (χ4v) is 4.22. The molecule has 0 radical (unpaired) electrons. The van der Waals surface area contributed by atoms with Crippen LogP contribution in [-0.2, 0) is 16.1 Å². The van der Waals surface area contributed by atoms with Crippen LogP contribution in [0.15, 0.2) is 53.1 Å². The van der Waals surface area contributed by atoms with Crippen molar-refractivity contribution in [3.63, 3.8) is 0 Å². The van der Waals surface area contributed by atoms with E-state index in [1.165, 1.54) is 21.6 Å². The van der Waals surface area contributed by atoms with Gasteiger partial charge >= 0.3 is 18.3 Å². The number of benzene rings is 2. The number of imidazole rings is 1. The molecule has 13 heteroatoms. The normalized spacial score (nSPS) is 11.3. The van der Waals surface area contributed by atoms with Crippen molar-refractivity contribution in [2.75, 3.05) is 19.7 Å². The summed E-state index contributed by atoms with van der Waals surface area (Å²) in [6.45, 7) is 3.92. The number of alkyl halides is 3. The van der Waals surface area contributed by atoms with Crippen molar-refractivity contribution >= 4 is 39.4 Å². The molecule has 1 heterocycles. The van der Waals surface area contributed by atoms with Crippen LogP contribution in [0.2, 0.25) is 5.02 Å². The minimum Gasteiger partial charge on any atom is -0.465 e. The Morgan fingerprint density at radius 3 is 2.44 bits per heavy atom. The Morgan fingerprint density at radius 1 is 1.10 bits per heavy atom. The molecule has 210 valence electrons. The number of rotatable bonds is 12. The second kappa shape index (κ2) is 13.7. The zero-order valence-electron chi connectivity index (χ0n) is 21.1. The van der Waals surface area contributed by atoms with Gasteiger partial charge in [0.2, 0.25) is 0 Å². The van der Waals surface area contributed by atoms with E-state index in [2.05, 4.69) is 25.7 Å². The highest BCUT2D eigenvalue weighted by atomic mass is 79.9. The molecule has 39 heavy (non-hydrogen) atoms. The van der Waals surface area contributed by atoms with Crippen molar-refractivity contribution in [3.8, 4) is 17.5 Å². The van der Waals surface area contributed by atoms with Crippen LogP contribution in [0, 0.1) is 0 Å². The molecule has 0 saturated heterocycles. The highest BCUT2D eigenvalue weighted by Gasteiger charge is 2.32. The van der Waals surface area contributed by atoms with Crippen molar-refractivity contribution in [2.24, 2.45) is 0 Å². The molecule has 0 spiro atoms. The molecular weight excluding hydrogens is 607 g/mol. The maximum Gasteiger partial charge on any atom is 0.573 e. The molecule has 0 aliphatic rings. The van der Waals surface area contributed by atoms with Crippen molar-refractivity contribution in [3.05, 3.63) is 69.4 Å². The summed E-state index contributed by atoms with van der Waals surface area (Å²) in [7, 11) is 0. The van der Waals surface area contributed by atoms with Gasteiger partial charge in [0.25, 0.3) is 5.91 Å². The first kappa shape index (κ1) is 30.3. The lowest BCUT2D eigenvalue weighted by Gasteiger charge is -2.22. The number of hydrogen-bond donors (Lipinski definition) is 0. The van der Waals surface area contributed by atoms with Crippen LogP contribution >= 0.6 is 27.5 Å². The third kappa shape index (κ3) is 8.89. The molecule has 0 saturated carbocycles. The monoisotopic (exact) mass is 631 g/mol. The first-order valence-corrected chi connectivity index (χ1v) is 13.2. The predicted molar refractivity (Wildman–Crippen MR) is 141 cm³/mol. The number of carbonyl (C=O) groups is 2. The summed E-state index contributed by atoms with van der Waals surface area (Å²) in [5, 5.41) is 0.514. The van der Waals surface area contributed by atoms with Gasteiger partial charge in [-0.3, -0.25) is 14.2 Å². The molecule has 3 aromatic rings. The zero-order chi connectivity index (χ0) is 28.6. The van der Waals surface area contributed by atoms with Crippen LogP contribution in [0.3, 0.4) is 0 Å². The number of ether oxygens (including phenoxy) is 3. The molecular formula is C26H26BrClF3N3O5. The lowest BCUT2D eigenvalue weighted by Crippen LogP contribution is -2.38. The predicted octanol–water partition coefficient (Wildman–Crippen LogP) is 6.84. The van der Waals surface area contributed by atoms with Gasteiger partial charge in [-0.15, -0.1) is 13.2 Å². The summed E-state index contributed by atoms with van der Waals surface area (Å²) in [6.07, 6.45) is -3.46. The molecule has 0 aliphatic carbocycles. The zero-order valence-corrected chi connectivity index (χ0v) is 23.5. The molecule has 0 bridgehead atoms. The maximum absolute atomic E-state index is 13.8. The standard InChI is InChI=1S/C26H26BrClF3N3O5/c1-3-5-13-33(16-21(35)37-4-2)24(36)22-23(27)32-25(34(22)15-17-9-11-18(28)12-10-17)38-19-7-6-8-20(14-19)39-26(29,30)31/h6-12,14H,3-5,13,15-16H2,1-2H3. The Balaban J connectivity index is 2.03. The molecule has 0 aliphatic heterocycles. The summed E-state index contributed by atoms with van der Waals surface area (Å²) in [6, 6.07) is 11.7. The molecule has 0 fully saturated rings. The third-order valence-electron chi connectivity index (χ3n) is 5.29. The Morgan fingerprint density at radius 2 is 1.79 bits per heavy atom. The third-order valence-corrected chi connectivity index (χ3v) is 6.09. The van der Waals surface area contributed by atoms with Crippen molar-refractivity contribution in [1.29, 1.82) is 0 Å². The van der Waals surface area contributed by atoms with Crippen LogP contribution in [0.1, 0.15) is 42.7 Å². The van der Waals surface area contributed by atoms with E-state index in [0.717, 1.165) is 24.1 Å². The van der Waals surface area contributed by atoms with Gasteiger partial charge in [0.15, 0.2) is 0 Å². The summed E-state index contributed by atoms with van der Waals surface area (Å²) in [5.41, 5.74) is 0.825. The highest BCUT2D eigenvalue weighted by molar-refractivity contribution is 9.10. The van der Waals surface area contributed by atoms with E-state index in [1.807, 2.05) is 6.92 Å². The topological polar surface area (TPSA) is 82.9 Å². The number of amides is 1. The van der Waals surface area contributed by atoms with Crippen molar-refractivity contribution < 1.29 is 37.0 Å². The van der Waals surface area contributed by atoms with E-state index in [-0.39, 0.29) is 41.8 Å². The Labute approximate surface area is 236 Å². The van der Waals surface area contributed by atoms with Gasteiger partial charge in [-0.25, -0.2) is 0 Å². The van der Waals surface area contributed by atoms with E-state index >= 15 is 0 Å². The maximum atomic E-state index is 13.8. The van der Waals surface area contributed by atoms with Crippen LogP contribution in [0.5, 0.6) is 17.5 Å². The number of unbranched alkanes of at least 4 members (excludes halogenated alkanes) is 1. The van der Waals surface area contributed by atoms with E-state index in [0.29, 0.717) is 18.0 Å². The van der Waals surface area contributed by atoms with Gasteiger partial charge in [-0.2, -0.15) is 4.98 Å². The smallest absolute Gasteiger partial charge is 0.465 e. The lowest BCUT2D eigenvalue weighted by atomic mass is 10.2. The van der Waals surface area contributed by atoms with Gasteiger partial charge in [0.05, 0.1) is 13.2 Å². The number of halogens is 5. The van der Waals surface area contributed by atoms with E-state index in [1.54, 1.807) is 31.2 Å².